The Hall–Kier alpha value is -3.29. The van der Waals surface area contributed by atoms with Crippen LogP contribution in [0.15, 0.2) is 54.7 Å². The highest BCUT2D eigenvalue weighted by Gasteiger charge is 2.18. The molecule has 0 radical (unpaired) electrons. The van der Waals surface area contributed by atoms with Gasteiger partial charge in [-0.25, -0.2) is 0 Å². The Morgan fingerprint density at radius 2 is 1.32 bits per heavy atom. The van der Waals surface area contributed by atoms with Crippen molar-refractivity contribution in [2.24, 2.45) is 0 Å². The summed E-state index contributed by atoms with van der Waals surface area (Å²) in [5, 5.41) is 0. The Morgan fingerprint density at radius 1 is 0.706 bits per heavy atom. The summed E-state index contributed by atoms with van der Waals surface area (Å²) in [6, 6.07) is 16.4. The van der Waals surface area contributed by atoms with Crippen molar-refractivity contribution in [3.05, 3.63) is 65.9 Å². The van der Waals surface area contributed by atoms with E-state index in [4.69, 9.17) is 18.9 Å². The zero-order chi connectivity index (χ0) is 23.9. The number of benzene rings is 2. The Kier molecular flexibility index (Phi) is 7.87. The van der Waals surface area contributed by atoms with E-state index in [2.05, 4.69) is 45.1 Å². The fourth-order valence-electron chi connectivity index (χ4n) is 4.35. The summed E-state index contributed by atoms with van der Waals surface area (Å²) >= 11 is 0. The Bertz CT molecular complexity index is 1070. The van der Waals surface area contributed by atoms with Gasteiger partial charge in [0.05, 0.1) is 34.1 Å². The van der Waals surface area contributed by atoms with Gasteiger partial charge in [0.15, 0.2) is 11.5 Å². The fraction of sp³-hybridized carbons (Fsp3) is 0.370. The second-order valence-electron chi connectivity index (χ2n) is 8.37. The summed E-state index contributed by atoms with van der Waals surface area (Å²) in [4.78, 5) is 9.59. The van der Waals surface area contributed by atoms with Gasteiger partial charge >= 0.3 is 0 Å². The van der Waals surface area contributed by atoms with Gasteiger partial charge in [-0.1, -0.05) is 12.1 Å². The monoisotopic (exact) mass is 463 g/mol. The van der Waals surface area contributed by atoms with Gasteiger partial charge in [0.25, 0.3) is 0 Å². The van der Waals surface area contributed by atoms with Crippen LogP contribution in [0.2, 0.25) is 0 Å². The highest BCUT2D eigenvalue weighted by molar-refractivity contribution is 5.69. The number of hydrogen-bond acceptors (Lipinski definition) is 7. The molecular weight excluding hydrogens is 430 g/mol. The van der Waals surface area contributed by atoms with Gasteiger partial charge in [0, 0.05) is 51.0 Å². The summed E-state index contributed by atoms with van der Waals surface area (Å²) in [6.45, 7) is 6.00. The van der Waals surface area contributed by atoms with Crippen LogP contribution in [0.4, 0.5) is 0 Å². The first kappa shape index (κ1) is 23.9. The molecular formula is C27H33N3O4. The van der Waals surface area contributed by atoms with E-state index in [1.807, 2.05) is 24.4 Å². The molecule has 1 aliphatic heterocycles. The Balaban J connectivity index is 1.40. The van der Waals surface area contributed by atoms with Crippen molar-refractivity contribution >= 4 is 0 Å². The molecule has 1 aromatic heterocycles. The highest BCUT2D eigenvalue weighted by atomic mass is 16.5. The maximum absolute atomic E-state index is 5.51. The third-order valence-electron chi connectivity index (χ3n) is 6.20. The summed E-state index contributed by atoms with van der Waals surface area (Å²) in [6.07, 6.45) is 1.87. The minimum atomic E-state index is 0.580. The molecule has 1 saturated heterocycles. The van der Waals surface area contributed by atoms with Crippen molar-refractivity contribution in [1.29, 1.82) is 0 Å². The topological polar surface area (TPSA) is 56.3 Å². The normalized spacial score (nSPS) is 14.6. The molecule has 1 fully saturated rings. The van der Waals surface area contributed by atoms with Crippen LogP contribution in [0.25, 0.3) is 11.3 Å². The highest BCUT2D eigenvalue weighted by Crippen LogP contribution is 2.40. The zero-order valence-electron chi connectivity index (χ0n) is 20.4. The molecule has 0 N–H and O–H groups in total. The second kappa shape index (κ2) is 11.2. The van der Waals surface area contributed by atoms with Crippen LogP contribution in [0, 0.1) is 0 Å². The van der Waals surface area contributed by atoms with Crippen LogP contribution in [0.5, 0.6) is 23.0 Å². The van der Waals surface area contributed by atoms with Gasteiger partial charge < -0.3 is 18.9 Å². The number of piperazine rings is 1. The average molecular weight is 464 g/mol. The van der Waals surface area contributed by atoms with Crippen molar-refractivity contribution < 1.29 is 18.9 Å². The molecule has 1 aliphatic rings. The smallest absolute Gasteiger partial charge is 0.203 e. The quantitative estimate of drug-likeness (QED) is 0.474. The number of pyridine rings is 1. The van der Waals surface area contributed by atoms with Gasteiger partial charge in [0.1, 0.15) is 5.75 Å². The van der Waals surface area contributed by atoms with Crippen LogP contribution >= 0.6 is 0 Å². The Labute approximate surface area is 201 Å². The molecule has 3 aromatic rings. The maximum atomic E-state index is 5.51. The predicted octanol–water partition coefficient (Wildman–Crippen LogP) is 4.10. The largest absolute Gasteiger partial charge is 0.497 e. The van der Waals surface area contributed by atoms with Crippen molar-refractivity contribution in [2.45, 2.75) is 13.1 Å². The van der Waals surface area contributed by atoms with Gasteiger partial charge in [-0.2, -0.15) is 0 Å². The van der Waals surface area contributed by atoms with E-state index in [1.165, 1.54) is 11.1 Å². The van der Waals surface area contributed by atoms with Gasteiger partial charge in [-0.3, -0.25) is 14.8 Å². The van der Waals surface area contributed by atoms with Crippen LogP contribution in [-0.4, -0.2) is 69.4 Å². The van der Waals surface area contributed by atoms with E-state index in [9.17, 15) is 0 Å². The zero-order valence-corrected chi connectivity index (χ0v) is 20.4. The van der Waals surface area contributed by atoms with E-state index < -0.39 is 0 Å². The molecule has 7 heteroatoms. The molecule has 0 aliphatic carbocycles. The van der Waals surface area contributed by atoms with E-state index >= 15 is 0 Å². The number of aromatic nitrogens is 1. The van der Waals surface area contributed by atoms with Crippen molar-refractivity contribution in [3.63, 3.8) is 0 Å². The fourth-order valence-corrected chi connectivity index (χ4v) is 4.35. The van der Waals surface area contributed by atoms with Gasteiger partial charge in [0.2, 0.25) is 5.75 Å². The van der Waals surface area contributed by atoms with Crippen LogP contribution < -0.4 is 18.9 Å². The first-order valence-corrected chi connectivity index (χ1v) is 11.5. The van der Waals surface area contributed by atoms with Crippen molar-refractivity contribution in [2.75, 3.05) is 54.6 Å². The van der Waals surface area contributed by atoms with Crippen LogP contribution in [-0.2, 0) is 13.1 Å². The molecule has 34 heavy (non-hydrogen) atoms. The van der Waals surface area contributed by atoms with E-state index in [-0.39, 0.29) is 0 Å². The van der Waals surface area contributed by atoms with Gasteiger partial charge in [-0.05, 0) is 47.5 Å². The summed E-state index contributed by atoms with van der Waals surface area (Å²) in [5.74, 6) is 2.74. The molecule has 7 nitrogen and oxygen atoms in total. The minimum absolute atomic E-state index is 0.580. The number of rotatable bonds is 9. The third-order valence-corrected chi connectivity index (χ3v) is 6.20. The molecule has 0 saturated carbocycles. The first-order valence-electron chi connectivity index (χ1n) is 11.5. The molecule has 0 bridgehead atoms. The molecule has 0 atom stereocenters. The number of nitrogens with zero attached hydrogens (tertiary/aromatic N) is 3. The van der Waals surface area contributed by atoms with Crippen LogP contribution in [0.1, 0.15) is 11.1 Å². The predicted molar refractivity (Wildman–Crippen MR) is 133 cm³/mol. The standard InChI is InChI=1S/C27H33N3O4/c1-31-23-7-5-6-20(14-23)18-29-10-12-30(13-11-29)19-21-8-9-28-24(15-21)22-16-25(32-2)27(34-4)26(17-22)33-3/h5-9,14-17H,10-13,18-19H2,1-4H3. The molecule has 0 spiro atoms. The molecule has 4 rings (SSSR count). The number of hydrogen-bond donors (Lipinski definition) is 0. The third kappa shape index (κ3) is 5.61. The van der Waals surface area contributed by atoms with Crippen LogP contribution in [0.3, 0.4) is 0 Å². The SMILES string of the molecule is COc1cccc(CN2CCN(Cc3ccnc(-c4cc(OC)c(OC)c(OC)c4)c3)CC2)c1. The summed E-state index contributed by atoms with van der Waals surface area (Å²) < 4.78 is 21.8. The van der Waals surface area contributed by atoms with Gasteiger partial charge in [-0.15, -0.1) is 0 Å². The first-order chi connectivity index (χ1) is 16.6. The van der Waals surface area contributed by atoms with Crippen molar-refractivity contribution in [1.82, 2.24) is 14.8 Å². The molecule has 0 unspecified atom stereocenters. The lowest BCUT2D eigenvalue weighted by Gasteiger charge is -2.34. The van der Waals surface area contributed by atoms with E-state index in [0.29, 0.717) is 17.2 Å². The number of ether oxygens (including phenoxy) is 4. The second-order valence-corrected chi connectivity index (χ2v) is 8.37. The lowest BCUT2D eigenvalue weighted by atomic mass is 10.1. The van der Waals surface area contributed by atoms with E-state index in [0.717, 1.165) is 56.3 Å². The lowest BCUT2D eigenvalue weighted by Crippen LogP contribution is -2.45. The van der Waals surface area contributed by atoms with E-state index in [1.54, 1.807) is 28.4 Å². The van der Waals surface area contributed by atoms with Crippen molar-refractivity contribution in [3.8, 4) is 34.3 Å². The molecule has 2 aromatic carbocycles. The Morgan fingerprint density at radius 3 is 1.88 bits per heavy atom. The summed E-state index contributed by atoms with van der Waals surface area (Å²) in [7, 11) is 6.57. The minimum Gasteiger partial charge on any atom is -0.497 e. The molecule has 180 valence electrons. The average Bonchev–Trinajstić information content (AvgIpc) is 2.89. The maximum Gasteiger partial charge on any atom is 0.203 e. The molecule has 2 heterocycles. The number of methoxy groups -OCH3 is 4. The summed E-state index contributed by atoms with van der Waals surface area (Å²) in [5.41, 5.74) is 4.34. The lowest BCUT2D eigenvalue weighted by molar-refractivity contribution is 0.122. The molecule has 0 amide bonds.